The maximum absolute atomic E-state index is 12.8. The van der Waals surface area contributed by atoms with Gasteiger partial charge in [-0.25, -0.2) is 5.01 Å². The number of ether oxygens (including phenoxy) is 1. The van der Waals surface area contributed by atoms with Gasteiger partial charge >= 0.3 is 0 Å². The normalized spacial score (nSPS) is 22.1. The van der Waals surface area contributed by atoms with E-state index in [9.17, 15) is 9.59 Å². The predicted octanol–water partition coefficient (Wildman–Crippen LogP) is 0.701. The van der Waals surface area contributed by atoms with E-state index in [4.69, 9.17) is 9.15 Å². The fraction of sp³-hybridized carbons (Fsp3) is 0.667. The first-order valence-electron chi connectivity index (χ1n) is 8.03. The van der Waals surface area contributed by atoms with Crippen LogP contribution in [0.25, 0.3) is 0 Å². The molecule has 9 nitrogen and oxygen atoms in total. The molecular weight excluding hydrogens is 314 g/mol. The Morgan fingerprint density at radius 2 is 2.08 bits per heavy atom. The summed E-state index contributed by atoms with van der Waals surface area (Å²) in [4.78, 5) is 26.0. The Balaban J connectivity index is 1.82. The van der Waals surface area contributed by atoms with E-state index in [0.717, 1.165) is 0 Å². The van der Waals surface area contributed by atoms with Crippen LogP contribution in [0.4, 0.5) is 0 Å². The summed E-state index contributed by atoms with van der Waals surface area (Å²) < 4.78 is 11.2. The summed E-state index contributed by atoms with van der Waals surface area (Å²) in [7, 11) is 1.55. The van der Waals surface area contributed by atoms with Crippen LogP contribution in [0.3, 0.4) is 0 Å². The van der Waals surface area contributed by atoms with E-state index in [1.807, 2.05) is 13.8 Å². The minimum Gasteiger partial charge on any atom is -0.423 e. The summed E-state index contributed by atoms with van der Waals surface area (Å²) in [6, 6.07) is -0.433. The summed E-state index contributed by atoms with van der Waals surface area (Å²) in [6.07, 6.45) is 0.626. The van der Waals surface area contributed by atoms with Crippen LogP contribution in [0.1, 0.15) is 50.4 Å². The van der Waals surface area contributed by atoms with Crippen LogP contribution in [0.2, 0.25) is 0 Å². The number of rotatable bonds is 3. The van der Waals surface area contributed by atoms with Gasteiger partial charge in [0.1, 0.15) is 11.8 Å². The van der Waals surface area contributed by atoms with Crippen molar-refractivity contribution in [3.63, 3.8) is 0 Å². The Labute approximate surface area is 139 Å². The van der Waals surface area contributed by atoms with Crippen molar-refractivity contribution in [2.75, 3.05) is 26.8 Å². The summed E-state index contributed by atoms with van der Waals surface area (Å²) >= 11 is 0. The highest BCUT2D eigenvalue weighted by atomic mass is 16.5. The average molecular weight is 335 g/mol. The highest BCUT2D eigenvalue weighted by molar-refractivity contribution is 6.39. The zero-order valence-electron chi connectivity index (χ0n) is 14.1. The zero-order valence-corrected chi connectivity index (χ0v) is 14.1. The molecule has 0 spiro atoms. The Kier molecular flexibility index (Phi) is 4.61. The second-order valence-corrected chi connectivity index (χ2v) is 6.19. The molecular formula is C15H21N5O4. The SMILES string of the molecule is CC(C)c1nnc([C@H]2COCCN2C(=O)C2=NN(C)C(=O)CC2)o1. The third-order valence-corrected chi connectivity index (χ3v) is 4.08. The number of nitrogens with zero attached hydrogens (tertiary/aromatic N) is 5. The Morgan fingerprint density at radius 1 is 1.29 bits per heavy atom. The number of carbonyl (C=O) groups excluding carboxylic acids is 2. The van der Waals surface area contributed by atoms with Gasteiger partial charge < -0.3 is 14.1 Å². The molecule has 0 bridgehead atoms. The Hall–Kier alpha value is -2.29. The topological polar surface area (TPSA) is 101 Å². The maximum atomic E-state index is 12.8. The van der Waals surface area contributed by atoms with Crippen LogP contribution in [0.15, 0.2) is 9.52 Å². The van der Waals surface area contributed by atoms with Crippen molar-refractivity contribution in [2.45, 2.75) is 38.6 Å². The molecule has 0 aliphatic carbocycles. The molecule has 0 aromatic carbocycles. The van der Waals surface area contributed by atoms with Crippen molar-refractivity contribution in [3.8, 4) is 0 Å². The lowest BCUT2D eigenvalue weighted by atomic mass is 10.1. The van der Waals surface area contributed by atoms with E-state index in [1.165, 1.54) is 5.01 Å². The number of carbonyl (C=O) groups is 2. The Morgan fingerprint density at radius 3 is 2.75 bits per heavy atom. The molecule has 0 radical (unpaired) electrons. The van der Waals surface area contributed by atoms with Crippen LogP contribution in [0, 0.1) is 0 Å². The van der Waals surface area contributed by atoms with Gasteiger partial charge in [0.05, 0.1) is 13.2 Å². The van der Waals surface area contributed by atoms with Gasteiger partial charge in [0.2, 0.25) is 17.7 Å². The lowest BCUT2D eigenvalue weighted by Crippen LogP contribution is -2.47. The molecule has 1 fully saturated rings. The molecule has 3 heterocycles. The van der Waals surface area contributed by atoms with Crippen LogP contribution in [-0.2, 0) is 14.3 Å². The predicted molar refractivity (Wildman–Crippen MR) is 83.1 cm³/mol. The largest absolute Gasteiger partial charge is 0.423 e. The van der Waals surface area contributed by atoms with Gasteiger partial charge in [0, 0.05) is 32.4 Å². The fourth-order valence-electron chi connectivity index (χ4n) is 2.66. The van der Waals surface area contributed by atoms with E-state index in [0.29, 0.717) is 43.7 Å². The number of hydrazone groups is 1. The van der Waals surface area contributed by atoms with Gasteiger partial charge in [-0.3, -0.25) is 9.59 Å². The van der Waals surface area contributed by atoms with Crippen molar-refractivity contribution in [3.05, 3.63) is 11.8 Å². The van der Waals surface area contributed by atoms with E-state index in [-0.39, 0.29) is 24.2 Å². The van der Waals surface area contributed by atoms with Gasteiger partial charge in [-0.05, 0) is 0 Å². The molecule has 2 aliphatic rings. The van der Waals surface area contributed by atoms with E-state index < -0.39 is 6.04 Å². The van der Waals surface area contributed by atoms with Gasteiger partial charge in [-0.1, -0.05) is 13.8 Å². The first-order valence-corrected chi connectivity index (χ1v) is 8.03. The number of amides is 2. The molecule has 9 heteroatoms. The molecule has 0 N–H and O–H groups in total. The molecule has 0 saturated carbocycles. The van der Waals surface area contributed by atoms with Crippen molar-refractivity contribution in [1.29, 1.82) is 0 Å². The molecule has 130 valence electrons. The van der Waals surface area contributed by atoms with Crippen LogP contribution in [-0.4, -0.2) is 64.4 Å². The smallest absolute Gasteiger partial charge is 0.270 e. The van der Waals surface area contributed by atoms with E-state index >= 15 is 0 Å². The minimum atomic E-state index is -0.433. The lowest BCUT2D eigenvalue weighted by molar-refractivity contribution is -0.134. The molecule has 1 aromatic rings. The quantitative estimate of drug-likeness (QED) is 0.806. The zero-order chi connectivity index (χ0) is 17.3. The first kappa shape index (κ1) is 16.6. The fourth-order valence-corrected chi connectivity index (χ4v) is 2.66. The summed E-state index contributed by atoms with van der Waals surface area (Å²) in [5.41, 5.74) is 0.368. The molecule has 24 heavy (non-hydrogen) atoms. The van der Waals surface area contributed by atoms with Crippen molar-refractivity contribution in [2.24, 2.45) is 5.10 Å². The highest BCUT2D eigenvalue weighted by Crippen LogP contribution is 2.26. The maximum Gasteiger partial charge on any atom is 0.270 e. The molecule has 0 unspecified atom stereocenters. The molecule has 3 rings (SSSR count). The second kappa shape index (κ2) is 6.68. The lowest BCUT2D eigenvalue weighted by Gasteiger charge is -2.34. The third-order valence-electron chi connectivity index (χ3n) is 4.08. The van der Waals surface area contributed by atoms with Gasteiger partial charge in [-0.15, -0.1) is 10.2 Å². The van der Waals surface area contributed by atoms with Gasteiger partial charge in [0.15, 0.2) is 0 Å². The summed E-state index contributed by atoms with van der Waals surface area (Å²) in [5, 5.41) is 13.4. The van der Waals surface area contributed by atoms with Crippen LogP contribution >= 0.6 is 0 Å². The molecule has 2 aliphatic heterocycles. The first-order chi connectivity index (χ1) is 11.5. The third kappa shape index (κ3) is 3.16. The summed E-state index contributed by atoms with van der Waals surface area (Å²) in [5.74, 6) is 0.702. The van der Waals surface area contributed by atoms with Crippen molar-refractivity contribution in [1.82, 2.24) is 20.1 Å². The van der Waals surface area contributed by atoms with Crippen molar-refractivity contribution >= 4 is 17.5 Å². The van der Waals surface area contributed by atoms with E-state index in [2.05, 4.69) is 15.3 Å². The highest BCUT2D eigenvalue weighted by Gasteiger charge is 2.36. The molecule has 1 atom stereocenters. The molecule has 2 amide bonds. The molecule has 1 saturated heterocycles. The Bertz CT molecular complexity index is 669. The second-order valence-electron chi connectivity index (χ2n) is 6.19. The number of hydrogen-bond acceptors (Lipinski definition) is 7. The van der Waals surface area contributed by atoms with Gasteiger partial charge in [0.25, 0.3) is 5.91 Å². The van der Waals surface area contributed by atoms with Crippen LogP contribution < -0.4 is 0 Å². The average Bonchev–Trinajstić information content (AvgIpc) is 3.07. The van der Waals surface area contributed by atoms with Gasteiger partial charge in [-0.2, -0.15) is 5.10 Å². The number of aromatic nitrogens is 2. The summed E-state index contributed by atoms with van der Waals surface area (Å²) in [6.45, 7) is 5.07. The van der Waals surface area contributed by atoms with Crippen LogP contribution in [0.5, 0.6) is 0 Å². The van der Waals surface area contributed by atoms with Crippen molar-refractivity contribution < 1.29 is 18.7 Å². The monoisotopic (exact) mass is 335 g/mol. The standard InChI is InChI=1S/C15H21N5O4/c1-9(2)13-16-17-14(24-13)11-8-23-7-6-20(11)15(22)10-4-5-12(21)19(3)18-10/h9,11H,4-8H2,1-3H3/t11-/m1/s1. The minimum absolute atomic E-state index is 0.0939. The number of morpholine rings is 1. The van der Waals surface area contributed by atoms with E-state index in [1.54, 1.807) is 11.9 Å². The molecule has 1 aromatic heterocycles. The number of hydrogen-bond donors (Lipinski definition) is 0.